The highest BCUT2D eigenvalue weighted by molar-refractivity contribution is 5.86. The number of halogens is 9. The fourth-order valence-corrected chi connectivity index (χ4v) is 4.17. The second-order valence-corrected chi connectivity index (χ2v) is 9.09. The Hall–Kier alpha value is -4.48. The SMILES string of the molecule is O=c1[nH]ncc(N[C@H](COC(F)F)C[C@H](F)Cn2ccc3cc(-c4ncc(C(F)F)cn4)c(F)cc3c2=O)c1C(F)(F)F. The lowest BCUT2D eigenvalue weighted by Gasteiger charge is -2.23. The standard InChI is InChI=1S/C25H19F9N6O3/c26-13(4-14(10-43-24(30)31)38-18-8-37-39-22(41)19(18)25(32,33)34)9-40-2-1-11-3-16(17(27)5-15(11)23(40)42)21-35-6-12(7-36-21)20(28)29/h1-3,5-8,13-14,20,24H,4,9-10H2,(H2,38,39,41)/t13-,14-/m0/s1. The molecule has 0 aliphatic rings. The summed E-state index contributed by atoms with van der Waals surface area (Å²) in [6, 6.07) is 1.78. The lowest BCUT2D eigenvalue weighted by atomic mass is 10.1. The number of alkyl halides is 8. The first-order valence-corrected chi connectivity index (χ1v) is 12.1. The molecule has 3 aromatic heterocycles. The normalized spacial score (nSPS) is 13.6. The predicted octanol–water partition coefficient (Wildman–Crippen LogP) is 5.09. The van der Waals surface area contributed by atoms with Crippen molar-refractivity contribution >= 4 is 16.5 Å². The summed E-state index contributed by atoms with van der Waals surface area (Å²) in [4.78, 5) is 32.1. The first-order chi connectivity index (χ1) is 20.2. The molecular formula is C25H19F9N6O3. The van der Waals surface area contributed by atoms with Crippen molar-refractivity contribution < 1.29 is 44.3 Å². The van der Waals surface area contributed by atoms with E-state index in [-0.39, 0.29) is 22.2 Å². The number of hydrogen-bond donors (Lipinski definition) is 2. The number of anilines is 1. The van der Waals surface area contributed by atoms with Crippen LogP contribution in [0.1, 0.15) is 24.0 Å². The van der Waals surface area contributed by atoms with E-state index in [1.54, 1.807) is 5.10 Å². The Labute approximate surface area is 234 Å². The molecule has 18 heteroatoms. The molecule has 1 aromatic carbocycles. The number of fused-ring (bicyclic) bond motifs is 1. The van der Waals surface area contributed by atoms with Gasteiger partial charge in [0.25, 0.3) is 17.5 Å². The topological polar surface area (TPSA) is 115 Å². The van der Waals surface area contributed by atoms with Gasteiger partial charge >= 0.3 is 12.8 Å². The molecular weight excluding hydrogens is 603 g/mol. The summed E-state index contributed by atoms with van der Waals surface area (Å²) in [6.45, 7) is -5.05. The number of nitrogens with one attached hydrogen (secondary N) is 2. The summed E-state index contributed by atoms with van der Waals surface area (Å²) in [5.74, 6) is -1.21. The fourth-order valence-electron chi connectivity index (χ4n) is 4.17. The zero-order valence-electron chi connectivity index (χ0n) is 21.4. The van der Waals surface area contributed by atoms with E-state index in [4.69, 9.17) is 0 Å². The van der Waals surface area contributed by atoms with E-state index in [9.17, 15) is 44.7 Å². The molecule has 2 atom stereocenters. The molecule has 0 unspecified atom stereocenters. The largest absolute Gasteiger partial charge is 0.423 e. The Balaban J connectivity index is 1.56. The van der Waals surface area contributed by atoms with E-state index in [0.717, 1.165) is 29.2 Å². The van der Waals surface area contributed by atoms with Gasteiger partial charge in [-0.25, -0.2) is 32.6 Å². The maximum absolute atomic E-state index is 15.1. The molecule has 0 aliphatic heterocycles. The van der Waals surface area contributed by atoms with E-state index < -0.39 is 84.7 Å². The fraction of sp³-hybridized carbons (Fsp3) is 0.320. The van der Waals surface area contributed by atoms with Crippen molar-refractivity contribution in [2.75, 3.05) is 11.9 Å². The van der Waals surface area contributed by atoms with Crippen LogP contribution in [-0.2, 0) is 17.5 Å². The summed E-state index contributed by atoms with van der Waals surface area (Å²) in [7, 11) is 0. The molecule has 43 heavy (non-hydrogen) atoms. The third kappa shape index (κ3) is 7.49. The number of ether oxygens (including phenoxy) is 1. The van der Waals surface area contributed by atoms with Crippen LogP contribution in [-0.4, -0.2) is 50.2 Å². The Bertz CT molecular complexity index is 1690. The van der Waals surface area contributed by atoms with E-state index in [1.165, 1.54) is 12.1 Å². The minimum Gasteiger partial charge on any atom is -0.378 e. The third-order valence-electron chi connectivity index (χ3n) is 6.09. The van der Waals surface area contributed by atoms with Crippen molar-refractivity contribution in [3.8, 4) is 11.4 Å². The Morgan fingerprint density at radius 3 is 2.35 bits per heavy atom. The highest BCUT2D eigenvalue weighted by Gasteiger charge is 2.38. The van der Waals surface area contributed by atoms with Crippen LogP contribution < -0.4 is 16.4 Å². The summed E-state index contributed by atoms with van der Waals surface area (Å²) < 4.78 is 126. The highest BCUT2D eigenvalue weighted by Crippen LogP contribution is 2.32. The van der Waals surface area contributed by atoms with Gasteiger partial charge in [-0.3, -0.25) is 9.59 Å². The van der Waals surface area contributed by atoms with Gasteiger partial charge in [0.15, 0.2) is 5.82 Å². The zero-order chi connectivity index (χ0) is 31.5. The quantitative estimate of drug-likeness (QED) is 0.224. The predicted molar refractivity (Wildman–Crippen MR) is 133 cm³/mol. The van der Waals surface area contributed by atoms with Crippen LogP contribution in [0.2, 0.25) is 0 Å². The molecule has 4 aromatic rings. The molecule has 3 heterocycles. The number of rotatable bonds is 11. The van der Waals surface area contributed by atoms with Gasteiger partial charge in [0.2, 0.25) is 0 Å². The number of pyridine rings is 1. The molecule has 9 nitrogen and oxygen atoms in total. The first-order valence-electron chi connectivity index (χ1n) is 12.1. The molecule has 0 saturated carbocycles. The molecule has 0 bridgehead atoms. The number of aromatic nitrogens is 5. The maximum atomic E-state index is 15.1. The third-order valence-corrected chi connectivity index (χ3v) is 6.09. The molecule has 230 valence electrons. The summed E-state index contributed by atoms with van der Waals surface area (Å²) >= 11 is 0. The van der Waals surface area contributed by atoms with Gasteiger partial charge in [-0.15, -0.1) is 0 Å². The highest BCUT2D eigenvalue weighted by atomic mass is 19.4. The lowest BCUT2D eigenvalue weighted by Crippen LogP contribution is -2.35. The number of aromatic amines is 1. The minimum atomic E-state index is -5.17. The van der Waals surface area contributed by atoms with Crippen LogP contribution in [0.5, 0.6) is 0 Å². The second kappa shape index (κ2) is 12.8. The maximum Gasteiger partial charge on any atom is 0.423 e. The number of H-pyrrole nitrogens is 1. The molecule has 4 rings (SSSR count). The van der Waals surface area contributed by atoms with Gasteiger partial charge in [-0.05, 0) is 23.6 Å². The monoisotopic (exact) mass is 622 g/mol. The van der Waals surface area contributed by atoms with Gasteiger partial charge in [0.1, 0.15) is 17.6 Å². The number of benzene rings is 1. The van der Waals surface area contributed by atoms with Gasteiger partial charge in [-0.2, -0.15) is 27.1 Å². The molecule has 0 radical (unpaired) electrons. The first kappa shape index (κ1) is 31.5. The van der Waals surface area contributed by atoms with Crippen molar-refractivity contribution in [3.63, 3.8) is 0 Å². The summed E-state index contributed by atoms with van der Waals surface area (Å²) in [5, 5.41) is 6.96. The molecule has 0 saturated heterocycles. The molecule has 0 aliphatic carbocycles. The van der Waals surface area contributed by atoms with Crippen LogP contribution in [0.3, 0.4) is 0 Å². The average Bonchev–Trinajstić information content (AvgIpc) is 2.92. The van der Waals surface area contributed by atoms with E-state index in [0.29, 0.717) is 6.20 Å². The smallest absolute Gasteiger partial charge is 0.378 e. The Morgan fingerprint density at radius 2 is 1.72 bits per heavy atom. The van der Waals surface area contributed by atoms with Gasteiger partial charge in [0.05, 0.1) is 47.6 Å². The minimum absolute atomic E-state index is 0.168. The molecule has 0 spiro atoms. The van der Waals surface area contributed by atoms with Crippen LogP contribution in [0.4, 0.5) is 45.2 Å². The van der Waals surface area contributed by atoms with Crippen molar-refractivity contribution in [1.29, 1.82) is 0 Å². The Morgan fingerprint density at radius 1 is 1.02 bits per heavy atom. The van der Waals surface area contributed by atoms with Crippen molar-refractivity contribution in [2.45, 2.75) is 44.4 Å². The molecule has 2 N–H and O–H groups in total. The molecule has 0 fully saturated rings. The van der Waals surface area contributed by atoms with E-state index in [2.05, 4.69) is 25.1 Å². The van der Waals surface area contributed by atoms with Gasteiger partial charge < -0.3 is 14.6 Å². The van der Waals surface area contributed by atoms with Gasteiger partial charge in [0, 0.05) is 25.0 Å². The number of nitrogens with zero attached hydrogens (tertiary/aromatic N) is 4. The lowest BCUT2D eigenvalue weighted by molar-refractivity contribution is -0.138. The summed E-state index contributed by atoms with van der Waals surface area (Å²) in [6.07, 6.45) is -7.46. The van der Waals surface area contributed by atoms with Crippen molar-refractivity contribution in [1.82, 2.24) is 24.7 Å². The second-order valence-electron chi connectivity index (χ2n) is 9.09. The van der Waals surface area contributed by atoms with Crippen LogP contribution in [0.15, 0.2) is 52.6 Å². The number of hydrogen-bond acceptors (Lipinski definition) is 7. The Kier molecular flexibility index (Phi) is 9.37. The van der Waals surface area contributed by atoms with Gasteiger partial charge in [-0.1, -0.05) is 0 Å². The van der Waals surface area contributed by atoms with Crippen molar-refractivity contribution in [2.24, 2.45) is 0 Å². The van der Waals surface area contributed by atoms with Crippen LogP contribution >= 0.6 is 0 Å². The van der Waals surface area contributed by atoms with Crippen LogP contribution in [0, 0.1) is 5.82 Å². The van der Waals surface area contributed by atoms with Crippen LogP contribution in [0.25, 0.3) is 22.2 Å². The van der Waals surface area contributed by atoms with E-state index >= 15 is 4.39 Å². The van der Waals surface area contributed by atoms with Crippen molar-refractivity contribution in [3.05, 3.63) is 80.6 Å². The molecule has 0 amide bonds. The zero-order valence-corrected chi connectivity index (χ0v) is 21.4. The summed E-state index contributed by atoms with van der Waals surface area (Å²) in [5.41, 5.74) is -5.81. The van der Waals surface area contributed by atoms with E-state index in [1.807, 2.05) is 0 Å². The average molecular weight is 622 g/mol.